The molecule has 0 saturated carbocycles. The Morgan fingerprint density at radius 2 is 1.94 bits per heavy atom. The average Bonchev–Trinajstić information content (AvgIpc) is 2.19. The standard InChI is InChI=1S/C14H23FN2/c1-9-6-13(12(16)7-11(9)15)17-8-10(2)14(3,4)5/h6-7,10,17H,8,16H2,1-5H3. The number of nitrogen functional groups attached to an aromatic ring is 1. The Bertz CT molecular complexity index is 394. The molecule has 0 radical (unpaired) electrons. The van der Waals surface area contributed by atoms with Crippen molar-refractivity contribution in [3.63, 3.8) is 0 Å². The van der Waals surface area contributed by atoms with Crippen LogP contribution in [0.3, 0.4) is 0 Å². The molecule has 96 valence electrons. The van der Waals surface area contributed by atoms with Crippen LogP contribution >= 0.6 is 0 Å². The summed E-state index contributed by atoms with van der Waals surface area (Å²) in [7, 11) is 0. The molecule has 0 amide bonds. The largest absolute Gasteiger partial charge is 0.397 e. The van der Waals surface area contributed by atoms with E-state index in [9.17, 15) is 4.39 Å². The van der Waals surface area contributed by atoms with Crippen LogP contribution in [0.25, 0.3) is 0 Å². The number of anilines is 2. The number of benzene rings is 1. The number of halogens is 1. The topological polar surface area (TPSA) is 38.0 Å². The molecule has 3 heteroatoms. The normalized spacial score (nSPS) is 13.5. The summed E-state index contributed by atoms with van der Waals surface area (Å²) >= 11 is 0. The molecule has 1 atom stereocenters. The summed E-state index contributed by atoms with van der Waals surface area (Å²) in [6, 6.07) is 3.14. The number of rotatable bonds is 3. The molecule has 3 N–H and O–H groups in total. The quantitative estimate of drug-likeness (QED) is 0.786. The van der Waals surface area contributed by atoms with Crippen LogP contribution < -0.4 is 11.1 Å². The molecule has 0 aliphatic carbocycles. The van der Waals surface area contributed by atoms with Gasteiger partial charge in [0.1, 0.15) is 5.82 Å². The molecule has 0 bridgehead atoms. The molecule has 0 aliphatic heterocycles. The molecule has 2 nitrogen and oxygen atoms in total. The zero-order valence-corrected chi connectivity index (χ0v) is 11.4. The second-order valence-corrected chi connectivity index (χ2v) is 5.84. The summed E-state index contributed by atoms with van der Waals surface area (Å²) in [4.78, 5) is 0. The van der Waals surface area contributed by atoms with Gasteiger partial charge in [-0.25, -0.2) is 4.39 Å². The SMILES string of the molecule is Cc1cc(NCC(C)C(C)(C)C)c(N)cc1F. The summed E-state index contributed by atoms with van der Waals surface area (Å²) in [5.41, 5.74) is 7.93. The zero-order valence-electron chi connectivity index (χ0n) is 11.4. The second kappa shape index (κ2) is 4.94. The third kappa shape index (κ3) is 3.62. The lowest BCUT2D eigenvalue weighted by Crippen LogP contribution is -2.25. The highest BCUT2D eigenvalue weighted by molar-refractivity contribution is 5.67. The van der Waals surface area contributed by atoms with Crippen LogP contribution in [0.1, 0.15) is 33.3 Å². The van der Waals surface area contributed by atoms with Gasteiger partial charge in [0.05, 0.1) is 11.4 Å². The van der Waals surface area contributed by atoms with E-state index in [2.05, 4.69) is 33.0 Å². The van der Waals surface area contributed by atoms with E-state index >= 15 is 0 Å². The maximum atomic E-state index is 13.2. The van der Waals surface area contributed by atoms with Gasteiger partial charge in [-0.1, -0.05) is 27.7 Å². The molecule has 0 fully saturated rings. The van der Waals surface area contributed by atoms with E-state index in [0.717, 1.165) is 12.2 Å². The third-order valence-corrected chi connectivity index (χ3v) is 3.41. The van der Waals surface area contributed by atoms with E-state index in [1.165, 1.54) is 6.07 Å². The first kappa shape index (κ1) is 13.8. The number of hydrogen-bond donors (Lipinski definition) is 2. The molecular formula is C14H23FN2. The fourth-order valence-electron chi connectivity index (χ4n) is 1.42. The predicted octanol–water partition coefficient (Wildman–Crippen LogP) is 3.81. The van der Waals surface area contributed by atoms with Gasteiger partial charge in [-0.05, 0) is 36.0 Å². The average molecular weight is 238 g/mol. The molecule has 17 heavy (non-hydrogen) atoms. The van der Waals surface area contributed by atoms with Gasteiger partial charge in [0, 0.05) is 6.54 Å². The fourth-order valence-corrected chi connectivity index (χ4v) is 1.42. The minimum absolute atomic E-state index is 0.247. The maximum Gasteiger partial charge on any atom is 0.128 e. The molecule has 1 aromatic rings. The Balaban J connectivity index is 2.73. The lowest BCUT2D eigenvalue weighted by molar-refractivity contribution is 0.274. The first-order valence-corrected chi connectivity index (χ1v) is 6.01. The number of aryl methyl sites for hydroxylation is 1. The van der Waals surface area contributed by atoms with Gasteiger partial charge in [0.2, 0.25) is 0 Å². The second-order valence-electron chi connectivity index (χ2n) is 5.84. The minimum atomic E-state index is -0.253. The van der Waals surface area contributed by atoms with Gasteiger partial charge < -0.3 is 11.1 Å². The lowest BCUT2D eigenvalue weighted by Gasteiger charge is -2.28. The molecule has 0 saturated heterocycles. The van der Waals surface area contributed by atoms with Crippen molar-refractivity contribution < 1.29 is 4.39 Å². The van der Waals surface area contributed by atoms with E-state index < -0.39 is 0 Å². The van der Waals surface area contributed by atoms with Crippen LogP contribution in [0, 0.1) is 24.1 Å². The van der Waals surface area contributed by atoms with Crippen molar-refractivity contribution in [2.75, 3.05) is 17.6 Å². The number of nitrogens with two attached hydrogens (primary N) is 1. The Kier molecular flexibility index (Phi) is 4.02. The molecule has 0 heterocycles. The number of nitrogens with one attached hydrogen (secondary N) is 1. The number of hydrogen-bond acceptors (Lipinski definition) is 2. The molecule has 0 aliphatic rings. The van der Waals surface area contributed by atoms with E-state index in [-0.39, 0.29) is 11.2 Å². The van der Waals surface area contributed by atoms with Crippen LogP contribution in [0.4, 0.5) is 15.8 Å². The monoisotopic (exact) mass is 238 g/mol. The van der Waals surface area contributed by atoms with Crippen molar-refractivity contribution >= 4 is 11.4 Å². The van der Waals surface area contributed by atoms with Gasteiger partial charge in [0.25, 0.3) is 0 Å². The highest BCUT2D eigenvalue weighted by Crippen LogP contribution is 2.27. The van der Waals surface area contributed by atoms with Crippen molar-refractivity contribution in [2.45, 2.75) is 34.6 Å². The summed E-state index contributed by atoms with van der Waals surface area (Å²) in [6.07, 6.45) is 0. The van der Waals surface area contributed by atoms with Crippen LogP contribution in [-0.4, -0.2) is 6.54 Å². The molecule has 0 aromatic heterocycles. The Hall–Kier alpha value is -1.25. The molecular weight excluding hydrogens is 215 g/mol. The molecule has 0 spiro atoms. The van der Waals surface area contributed by atoms with Crippen LogP contribution in [0.5, 0.6) is 0 Å². The van der Waals surface area contributed by atoms with Crippen molar-refractivity contribution in [3.8, 4) is 0 Å². The first-order chi connectivity index (χ1) is 7.71. The summed E-state index contributed by atoms with van der Waals surface area (Å²) in [5.74, 6) is 0.254. The Morgan fingerprint density at radius 3 is 2.47 bits per heavy atom. The van der Waals surface area contributed by atoms with Gasteiger partial charge in [-0.3, -0.25) is 0 Å². The fraction of sp³-hybridized carbons (Fsp3) is 0.571. The van der Waals surface area contributed by atoms with Crippen molar-refractivity contribution in [2.24, 2.45) is 11.3 Å². The minimum Gasteiger partial charge on any atom is -0.397 e. The molecule has 1 rings (SSSR count). The van der Waals surface area contributed by atoms with Crippen LogP contribution in [-0.2, 0) is 0 Å². The van der Waals surface area contributed by atoms with Crippen molar-refractivity contribution in [1.82, 2.24) is 0 Å². The van der Waals surface area contributed by atoms with Crippen molar-refractivity contribution in [1.29, 1.82) is 0 Å². The van der Waals surface area contributed by atoms with Crippen LogP contribution in [0.2, 0.25) is 0 Å². The lowest BCUT2D eigenvalue weighted by atomic mass is 9.82. The van der Waals surface area contributed by atoms with Crippen molar-refractivity contribution in [3.05, 3.63) is 23.5 Å². The van der Waals surface area contributed by atoms with Gasteiger partial charge in [-0.15, -0.1) is 0 Å². The van der Waals surface area contributed by atoms with Gasteiger partial charge >= 0.3 is 0 Å². The maximum absolute atomic E-state index is 13.2. The Morgan fingerprint density at radius 1 is 1.35 bits per heavy atom. The Labute approximate surface area is 103 Å². The summed E-state index contributed by atoms with van der Waals surface area (Å²) in [6.45, 7) is 11.4. The summed E-state index contributed by atoms with van der Waals surface area (Å²) in [5, 5.41) is 3.30. The zero-order chi connectivity index (χ0) is 13.2. The van der Waals surface area contributed by atoms with Gasteiger partial charge in [-0.2, -0.15) is 0 Å². The molecule has 1 unspecified atom stereocenters. The highest BCUT2D eigenvalue weighted by atomic mass is 19.1. The van der Waals surface area contributed by atoms with E-state index in [1.807, 2.05) is 0 Å². The predicted molar refractivity (Wildman–Crippen MR) is 72.7 cm³/mol. The third-order valence-electron chi connectivity index (χ3n) is 3.41. The van der Waals surface area contributed by atoms with Crippen LogP contribution in [0.15, 0.2) is 12.1 Å². The van der Waals surface area contributed by atoms with E-state index in [0.29, 0.717) is 17.2 Å². The van der Waals surface area contributed by atoms with E-state index in [1.54, 1.807) is 13.0 Å². The highest BCUT2D eigenvalue weighted by Gasteiger charge is 2.19. The summed E-state index contributed by atoms with van der Waals surface area (Å²) < 4.78 is 13.2. The van der Waals surface area contributed by atoms with Gasteiger partial charge in [0.15, 0.2) is 0 Å². The van der Waals surface area contributed by atoms with E-state index in [4.69, 9.17) is 5.73 Å². The molecule has 1 aromatic carbocycles. The smallest absolute Gasteiger partial charge is 0.128 e. The first-order valence-electron chi connectivity index (χ1n) is 6.01.